The third-order valence-corrected chi connectivity index (χ3v) is 6.91. The number of aliphatic carboxylic acids is 1. The van der Waals surface area contributed by atoms with Gasteiger partial charge in [0.25, 0.3) is 5.91 Å². The molecule has 0 aliphatic carbocycles. The van der Waals surface area contributed by atoms with Gasteiger partial charge in [0.15, 0.2) is 24.0 Å². The van der Waals surface area contributed by atoms with Crippen molar-refractivity contribution < 1.29 is 43.2 Å². The zero-order chi connectivity index (χ0) is 27.1. The molecule has 3 aliphatic rings. The maximum Gasteiger partial charge on any atom is 0.416 e. The molecule has 1 N–H and O–H groups in total. The van der Waals surface area contributed by atoms with Gasteiger partial charge in [-0.05, 0) is 51.0 Å². The normalized spacial score (nSPS) is 23.1. The lowest BCUT2D eigenvalue weighted by Crippen LogP contribution is -2.57. The summed E-state index contributed by atoms with van der Waals surface area (Å²) in [6.45, 7) is 4.82. The van der Waals surface area contributed by atoms with Crippen molar-refractivity contribution in [3.8, 4) is 11.5 Å². The first-order valence-electron chi connectivity index (χ1n) is 13.2. The summed E-state index contributed by atoms with van der Waals surface area (Å²) in [5, 5.41) is 8.95. The zero-order valence-electron chi connectivity index (χ0n) is 21.8. The molecular formula is C27H36N2O9. The number of benzene rings is 1. The Labute approximate surface area is 222 Å². The lowest BCUT2D eigenvalue weighted by molar-refractivity contribution is -0.198. The Hall–Kier alpha value is -3.31. The Balaban J connectivity index is 1.78. The van der Waals surface area contributed by atoms with Crippen molar-refractivity contribution in [3.63, 3.8) is 0 Å². The van der Waals surface area contributed by atoms with E-state index in [1.54, 1.807) is 17.0 Å². The van der Waals surface area contributed by atoms with Crippen LogP contribution in [-0.4, -0.2) is 80.0 Å². The van der Waals surface area contributed by atoms with E-state index in [2.05, 4.69) is 6.58 Å². The summed E-state index contributed by atoms with van der Waals surface area (Å²) in [6.07, 6.45) is 4.57. The summed E-state index contributed by atoms with van der Waals surface area (Å²) in [5.41, 5.74) is 0.533. The van der Waals surface area contributed by atoms with Crippen LogP contribution < -0.4 is 14.4 Å². The number of carboxylic acids is 1. The molecule has 2 saturated heterocycles. The van der Waals surface area contributed by atoms with Gasteiger partial charge in [-0.1, -0.05) is 12.7 Å². The van der Waals surface area contributed by atoms with Gasteiger partial charge in [0.2, 0.25) is 0 Å². The van der Waals surface area contributed by atoms with E-state index in [1.165, 1.54) is 18.1 Å². The van der Waals surface area contributed by atoms with Crippen molar-refractivity contribution in [2.75, 3.05) is 38.4 Å². The molecule has 3 aliphatic heterocycles. The third-order valence-electron chi connectivity index (χ3n) is 6.91. The first-order valence-corrected chi connectivity index (χ1v) is 13.2. The van der Waals surface area contributed by atoms with Crippen LogP contribution in [0.3, 0.4) is 0 Å². The standard InChI is InChI=1S/C27H36N2O9/c1-3-13-37-27(33)29-20-17-22(35-15-8-10-23(30)31)21(34-2)16-18(20)25(32)28-12-6-4-9-19(28)26(29)38-24-11-5-7-14-36-24/h3,16-17,19,24,26H,1,4-15H2,2H3,(H,30,31)/t19-,24?,26?/m0/s1. The molecule has 2 unspecified atom stereocenters. The molecule has 0 spiro atoms. The average Bonchev–Trinajstić information content (AvgIpc) is 3.02. The smallest absolute Gasteiger partial charge is 0.416 e. The molecule has 2 amide bonds. The molecule has 4 rings (SSSR count). The number of hydrogen-bond acceptors (Lipinski definition) is 8. The first-order chi connectivity index (χ1) is 18.4. The number of fused-ring (bicyclic) bond motifs is 2. The molecule has 0 bridgehead atoms. The van der Waals surface area contributed by atoms with Gasteiger partial charge in [-0.3, -0.25) is 9.59 Å². The fraction of sp³-hybridized carbons (Fsp3) is 0.593. The predicted octanol–water partition coefficient (Wildman–Crippen LogP) is 3.95. The first kappa shape index (κ1) is 27.7. The molecule has 0 aromatic heterocycles. The van der Waals surface area contributed by atoms with E-state index >= 15 is 0 Å². The topological polar surface area (TPSA) is 124 Å². The third kappa shape index (κ3) is 6.21. The Kier molecular flexibility index (Phi) is 9.46. The molecule has 0 radical (unpaired) electrons. The lowest BCUT2D eigenvalue weighted by atomic mass is 10.00. The minimum Gasteiger partial charge on any atom is -0.493 e. The van der Waals surface area contributed by atoms with Crippen LogP contribution in [0.15, 0.2) is 24.8 Å². The van der Waals surface area contributed by atoms with Crippen LogP contribution >= 0.6 is 0 Å². The summed E-state index contributed by atoms with van der Waals surface area (Å²) >= 11 is 0. The van der Waals surface area contributed by atoms with Gasteiger partial charge in [0.1, 0.15) is 6.61 Å². The van der Waals surface area contributed by atoms with Gasteiger partial charge in [0, 0.05) is 25.6 Å². The Morgan fingerprint density at radius 3 is 2.71 bits per heavy atom. The SMILES string of the molecule is C=CCOC(=O)N1c2cc(OCCCC(=O)O)c(OC)cc2C(=O)N2CCCC[C@H]2C1OC1CCCCO1. The van der Waals surface area contributed by atoms with E-state index in [4.69, 9.17) is 28.8 Å². The van der Waals surface area contributed by atoms with Crippen LogP contribution in [0.25, 0.3) is 0 Å². The number of rotatable bonds is 10. The van der Waals surface area contributed by atoms with Crippen molar-refractivity contribution in [2.45, 2.75) is 69.9 Å². The van der Waals surface area contributed by atoms with Crippen LogP contribution in [0.4, 0.5) is 10.5 Å². The average molecular weight is 533 g/mol. The highest BCUT2D eigenvalue weighted by Gasteiger charge is 2.46. The maximum absolute atomic E-state index is 13.9. The molecule has 11 nitrogen and oxygen atoms in total. The number of ether oxygens (including phenoxy) is 5. The molecule has 3 heterocycles. The molecule has 11 heteroatoms. The molecule has 1 aromatic carbocycles. The summed E-state index contributed by atoms with van der Waals surface area (Å²) in [5.74, 6) is -0.586. The monoisotopic (exact) mass is 532 g/mol. The summed E-state index contributed by atoms with van der Waals surface area (Å²) in [4.78, 5) is 41.5. The number of methoxy groups -OCH3 is 1. The molecule has 38 heavy (non-hydrogen) atoms. The molecular weight excluding hydrogens is 496 g/mol. The Morgan fingerprint density at radius 2 is 2.00 bits per heavy atom. The van der Waals surface area contributed by atoms with Crippen molar-refractivity contribution in [1.82, 2.24) is 4.90 Å². The maximum atomic E-state index is 13.9. The van der Waals surface area contributed by atoms with Crippen molar-refractivity contribution in [3.05, 3.63) is 30.4 Å². The van der Waals surface area contributed by atoms with Crippen LogP contribution in [0.2, 0.25) is 0 Å². The minimum atomic E-state index is -0.925. The second-order valence-corrected chi connectivity index (χ2v) is 9.49. The number of carboxylic acid groups (broad SMARTS) is 1. The largest absolute Gasteiger partial charge is 0.493 e. The second kappa shape index (κ2) is 13.0. The van der Waals surface area contributed by atoms with Gasteiger partial charge in [0.05, 0.1) is 31.0 Å². The van der Waals surface area contributed by atoms with Crippen LogP contribution in [0.5, 0.6) is 11.5 Å². The van der Waals surface area contributed by atoms with Gasteiger partial charge < -0.3 is 33.7 Å². The van der Waals surface area contributed by atoms with Crippen LogP contribution in [0, 0.1) is 0 Å². The van der Waals surface area contributed by atoms with Gasteiger partial charge in [-0.2, -0.15) is 0 Å². The zero-order valence-corrected chi connectivity index (χ0v) is 21.8. The number of carbonyl (C=O) groups is 3. The summed E-state index contributed by atoms with van der Waals surface area (Å²) in [6, 6.07) is 2.72. The highest BCUT2D eigenvalue weighted by Crippen LogP contribution is 2.42. The Morgan fingerprint density at radius 1 is 1.18 bits per heavy atom. The minimum absolute atomic E-state index is 0.0195. The fourth-order valence-corrected chi connectivity index (χ4v) is 5.10. The van der Waals surface area contributed by atoms with Gasteiger partial charge in [-0.15, -0.1) is 0 Å². The fourth-order valence-electron chi connectivity index (χ4n) is 5.10. The van der Waals surface area contributed by atoms with Crippen molar-refractivity contribution >= 4 is 23.7 Å². The summed E-state index contributed by atoms with van der Waals surface area (Å²) in [7, 11) is 1.46. The van der Waals surface area contributed by atoms with E-state index < -0.39 is 30.6 Å². The number of carbonyl (C=O) groups excluding carboxylic acids is 2. The predicted molar refractivity (Wildman–Crippen MR) is 137 cm³/mol. The van der Waals surface area contributed by atoms with Gasteiger partial charge >= 0.3 is 12.1 Å². The van der Waals surface area contributed by atoms with Crippen molar-refractivity contribution in [2.24, 2.45) is 0 Å². The number of amides is 2. The van der Waals surface area contributed by atoms with E-state index in [0.29, 0.717) is 31.7 Å². The van der Waals surface area contributed by atoms with E-state index in [-0.39, 0.29) is 49.0 Å². The molecule has 1 aromatic rings. The van der Waals surface area contributed by atoms with E-state index in [0.717, 1.165) is 25.7 Å². The van der Waals surface area contributed by atoms with Crippen LogP contribution in [-0.2, 0) is 19.0 Å². The molecule has 0 saturated carbocycles. The molecule has 2 fully saturated rings. The van der Waals surface area contributed by atoms with Crippen LogP contribution in [0.1, 0.15) is 61.7 Å². The number of nitrogens with zero attached hydrogens (tertiary/aromatic N) is 2. The quantitative estimate of drug-likeness (QED) is 0.352. The number of piperidine rings is 1. The highest BCUT2D eigenvalue weighted by atomic mass is 16.7. The molecule has 3 atom stereocenters. The number of hydrogen-bond donors (Lipinski definition) is 1. The second-order valence-electron chi connectivity index (χ2n) is 9.49. The molecule has 208 valence electrons. The lowest BCUT2D eigenvalue weighted by Gasteiger charge is -2.42. The summed E-state index contributed by atoms with van der Waals surface area (Å²) < 4.78 is 29.2. The van der Waals surface area contributed by atoms with Gasteiger partial charge in [-0.25, -0.2) is 9.69 Å². The van der Waals surface area contributed by atoms with E-state index in [9.17, 15) is 14.4 Å². The Bertz CT molecular complexity index is 1020. The highest BCUT2D eigenvalue weighted by molar-refractivity contribution is 6.06. The van der Waals surface area contributed by atoms with Crippen molar-refractivity contribution in [1.29, 1.82) is 0 Å². The van der Waals surface area contributed by atoms with E-state index in [1.807, 2.05) is 0 Å². The number of anilines is 1.